The van der Waals surface area contributed by atoms with Gasteiger partial charge in [-0.15, -0.1) is 0 Å². The summed E-state index contributed by atoms with van der Waals surface area (Å²) in [5.74, 6) is -10.8. The topological polar surface area (TPSA) is 363 Å². The van der Waals surface area contributed by atoms with Gasteiger partial charge >= 0.3 is 11.9 Å². The molecule has 0 saturated carbocycles. The molecule has 0 aromatic heterocycles. The maximum atomic E-state index is 13.8. The fourth-order valence-electron chi connectivity index (χ4n) is 5.35. The quantitative estimate of drug-likeness (QED) is 0.0369. The second kappa shape index (κ2) is 26.0. The van der Waals surface area contributed by atoms with Crippen LogP contribution in [-0.4, -0.2) is 124 Å². The number of nitrogens with one attached hydrogen (secondary N) is 6. The van der Waals surface area contributed by atoms with Gasteiger partial charge in [-0.1, -0.05) is 48.0 Å². The first kappa shape index (κ1) is 52.0. The van der Waals surface area contributed by atoms with Crippen molar-refractivity contribution in [1.29, 1.82) is 0 Å². The van der Waals surface area contributed by atoms with Crippen LogP contribution in [0.3, 0.4) is 0 Å². The van der Waals surface area contributed by atoms with Crippen LogP contribution in [0, 0.1) is 17.8 Å². The molecule has 21 nitrogen and oxygen atoms in total. The summed E-state index contributed by atoms with van der Waals surface area (Å²) in [6, 6.07) is -9.79. The number of carboxylic acids is 2. The van der Waals surface area contributed by atoms with Gasteiger partial charge in [-0.25, -0.2) is 4.79 Å². The molecule has 8 atom stereocenters. The van der Waals surface area contributed by atoms with Crippen LogP contribution in [0.1, 0.15) is 86.5 Å². The molecule has 22 heteroatoms. The van der Waals surface area contributed by atoms with Crippen LogP contribution < -0.4 is 49.1 Å². The van der Waals surface area contributed by atoms with Crippen molar-refractivity contribution in [3.8, 4) is 0 Å². The molecule has 0 aromatic rings. The molecular weight excluding hydrogens is 771 g/mol. The summed E-state index contributed by atoms with van der Waals surface area (Å²) in [5.41, 5.74) is 14.1. The van der Waals surface area contributed by atoms with Crippen molar-refractivity contribution in [1.82, 2.24) is 31.9 Å². The summed E-state index contributed by atoms with van der Waals surface area (Å²) >= 11 is 1.33. The lowest BCUT2D eigenvalue weighted by molar-refractivity contribution is -0.402. The predicted octanol–water partition coefficient (Wildman–Crippen LogP) is -3.29. The lowest BCUT2D eigenvalue weighted by Crippen LogP contribution is -2.70. The van der Waals surface area contributed by atoms with Gasteiger partial charge in [-0.05, 0) is 49.0 Å². The highest BCUT2D eigenvalue weighted by molar-refractivity contribution is 7.98. The van der Waals surface area contributed by atoms with Crippen molar-refractivity contribution in [2.24, 2.45) is 29.2 Å². The fraction of sp³-hybridized carbons (Fsp3) is 0.714. The van der Waals surface area contributed by atoms with E-state index in [1.54, 1.807) is 47.8 Å². The third kappa shape index (κ3) is 20.7. The van der Waals surface area contributed by atoms with Crippen molar-refractivity contribution in [3.63, 3.8) is 0 Å². The smallest absolute Gasteiger partial charge is 0.326 e. The standard InChI is InChI=1S/C35H61N9O12S/c1-8-18(6)28(34(54)43-24(15-27(47)48)32(52)39-20(35(55)56)9-10-57-7)44-33(53)22(12-17(4)5)41-31(51)23(14-26(38)46)42-30(50)21(11-16(2)3)40-29(49)19(36)13-25(37)45/h16-24,28H,8-15,36H2,1-7H3,(H2,37,45)(H2,38,46)(H,39,52)(H,40,49)(H,41,51)(H,42,50)(H,43,54)(H,44,53)(H,47,48)(H,55,56)/p+1/t18-,19-,20-,21-,22-,23-,24-,28-/m0/s1. The van der Waals surface area contributed by atoms with Gasteiger partial charge < -0.3 is 59.3 Å². The molecule has 0 radical (unpaired) electrons. The largest absolute Gasteiger partial charge is 0.481 e. The molecule has 324 valence electrons. The lowest BCUT2D eigenvalue weighted by Gasteiger charge is -2.29. The Balaban J connectivity index is 6.39. The Morgan fingerprint density at radius 1 is 0.579 bits per heavy atom. The van der Waals surface area contributed by atoms with Crippen LogP contribution in [0.25, 0.3) is 0 Å². The molecule has 0 fully saturated rings. The average Bonchev–Trinajstić information content (AvgIpc) is 3.09. The molecule has 8 amide bonds. The zero-order valence-corrected chi connectivity index (χ0v) is 34.5. The van der Waals surface area contributed by atoms with Gasteiger partial charge in [0, 0.05) is 0 Å². The number of carbonyl (C=O) groups excluding carboxylic acids is 8. The van der Waals surface area contributed by atoms with Gasteiger partial charge in [-0.3, -0.25) is 43.2 Å². The number of thioether (sulfide) groups is 1. The van der Waals surface area contributed by atoms with Crippen molar-refractivity contribution in [2.45, 2.75) is 129 Å². The second-order valence-corrected chi connectivity index (χ2v) is 15.7. The van der Waals surface area contributed by atoms with E-state index in [1.807, 2.05) is 0 Å². The van der Waals surface area contributed by atoms with E-state index in [2.05, 4.69) is 37.6 Å². The van der Waals surface area contributed by atoms with E-state index in [0.29, 0.717) is 12.2 Å². The van der Waals surface area contributed by atoms with Gasteiger partial charge in [-0.2, -0.15) is 11.8 Å². The van der Waals surface area contributed by atoms with E-state index >= 15 is 0 Å². The molecular formula is C35H62N9O12S+. The highest BCUT2D eigenvalue weighted by atomic mass is 32.2. The molecule has 57 heavy (non-hydrogen) atoms. The number of primary amides is 2. The van der Waals surface area contributed by atoms with Crippen molar-refractivity contribution in [3.05, 3.63) is 0 Å². The summed E-state index contributed by atoms with van der Waals surface area (Å²) in [6.45, 7) is 10.3. The number of carboxylic acid groups (broad SMARTS) is 2. The molecule has 0 bridgehead atoms. The third-order valence-electron chi connectivity index (χ3n) is 8.57. The monoisotopic (exact) mass is 832 g/mol. The molecule has 0 unspecified atom stereocenters. The van der Waals surface area contributed by atoms with Crippen LogP contribution in [0.15, 0.2) is 0 Å². The predicted molar refractivity (Wildman–Crippen MR) is 207 cm³/mol. The van der Waals surface area contributed by atoms with Crippen molar-refractivity contribution >= 4 is 71.0 Å². The van der Waals surface area contributed by atoms with Gasteiger partial charge in [0.2, 0.25) is 41.4 Å². The second-order valence-electron chi connectivity index (χ2n) is 14.7. The Bertz CT molecular complexity index is 1450. The van der Waals surface area contributed by atoms with Crippen LogP contribution in [0.4, 0.5) is 0 Å². The van der Waals surface area contributed by atoms with Gasteiger partial charge in [0.25, 0.3) is 5.91 Å². The molecule has 0 aliphatic heterocycles. The minimum Gasteiger partial charge on any atom is -0.481 e. The molecule has 0 aromatic carbocycles. The minimum atomic E-state index is -1.72. The van der Waals surface area contributed by atoms with E-state index in [0.717, 1.165) is 0 Å². The summed E-state index contributed by atoms with van der Waals surface area (Å²) in [4.78, 5) is 127. The molecule has 0 rings (SSSR count). The van der Waals surface area contributed by atoms with E-state index in [1.165, 1.54) is 11.8 Å². The van der Waals surface area contributed by atoms with Gasteiger partial charge in [0.1, 0.15) is 36.3 Å². The van der Waals surface area contributed by atoms with E-state index in [4.69, 9.17) is 11.5 Å². The summed E-state index contributed by atoms with van der Waals surface area (Å²) in [6.07, 6.45) is 0.140. The maximum absolute atomic E-state index is 13.8. The Labute approximate surface area is 336 Å². The van der Waals surface area contributed by atoms with Crippen LogP contribution in [-0.2, 0) is 47.9 Å². The fourth-order valence-corrected chi connectivity index (χ4v) is 5.82. The average molecular weight is 833 g/mol. The number of nitrogens with two attached hydrogens (primary N) is 2. The number of aliphatic carboxylic acids is 2. The number of rotatable bonds is 28. The van der Waals surface area contributed by atoms with Gasteiger partial charge in [0.15, 0.2) is 6.04 Å². The summed E-state index contributed by atoms with van der Waals surface area (Å²) in [5, 5.41) is 33.5. The van der Waals surface area contributed by atoms with E-state index in [-0.39, 0.29) is 31.1 Å². The van der Waals surface area contributed by atoms with Crippen molar-refractivity contribution in [2.75, 3.05) is 12.0 Å². The molecule has 0 aliphatic carbocycles. The maximum Gasteiger partial charge on any atom is 0.326 e. The van der Waals surface area contributed by atoms with Crippen LogP contribution in [0.2, 0.25) is 0 Å². The molecule has 0 spiro atoms. The Kier molecular flexibility index (Phi) is 23.7. The van der Waals surface area contributed by atoms with E-state index < -0.39 is 127 Å². The van der Waals surface area contributed by atoms with E-state index in [9.17, 15) is 58.2 Å². The summed E-state index contributed by atoms with van der Waals surface area (Å²) in [7, 11) is 0. The third-order valence-corrected chi connectivity index (χ3v) is 9.21. The first-order valence-electron chi connectivity index (χ1n) is 18.6. The minimum absolute atomic E-state index is 0.00287. The highest BCUT2D eigenvalue weighted by Gasteiger charge is 2.36. The number of hydrogen-bond acceptors (Lipinski definition) is 11. The number of carbonyl (C=O) groups is 10. The Morgan fingerprint density at radius 3 is 1.40 bits per heavy atom. The molecule has 0 heterocycles. The molecule has 15 N–H and O–H groups in total. The number of quaternary nitrogens is 1. The van der Waals surface area contributed by atoms with Crippen LogP contribution >= 0.6 is 11.8 Å². The molecule has 0 aliphatic rings. The zero-order valence-electron chi connectivity index (χ0n) is 33.7. The Hall–Kier alpha value is -4.99. The first-order chi connectivity index (χ1) is 26.4. The summed E-state index contributed by atoms with van der Waals surface area (Å²) < 4.78 is 0. The SMILES string of the molecule is CC[C@H](C)[C@H](NC(=O)[C@H](CC(C)C)NC(=O)[C@H](CC(N)=O)NC(=O)[C@H](CC(C)C)NC(=O)[C@@H]([NH3+])CC(N)=O)C(=O)N[C@@H](CC(=O)O)C(=O)N[C@@H](CCSC)C(=O)O. The van der Waals surface area contributed by atoms with Crippen LogP contribution in [0.5, 0.6) is 0 Å². The Morgan fingerprint density at radius 2 is 0.982 bits per heavy atom. The van der Waals surface area contributed by atoms with Crippen molar-refractivity contribution < 1.29 is 63.9 Å². The zero-order chi connectivity index (χ0) is 44.2. The number of amides is 8. The van der Waals surface area contributed by atoms with Gasteiger partial charge in [0.05, 0.1) is 19.3 Å². The normalized spacial score (nSPS) is 15.3. The number of hydrogen-bond donors (Lipinski definition) is 11. The first-order valence-corrected chi connectivity index (χ1v) is 20.0. The molecule has 0 saturated heterocycles. The lowest BCUT2D eigenvalue weighted by atomic mass is 9.96. The highest BCUT2D eigenvalue weighted by Crippen LogP contribution is 2.13.